The summed E-state index contributed by atoms with van der Waals surface area (Å²) >= 11 is 0. The van der Waals surface area contributed by atoms with Gasteiger partial charge < -0.3 is 29.9 Å². The van der Waals surface area contributed by atoms with Crippen LogP contribution in [0.25, 0.3) is 0 Å². The molecule has 0 saturated carbocycles. The first-order valence-corrected chi connectivity index (χ1v) is 17.6. The van der Waals surface area contributed by atoms with Crippen LogP contribution in [-0.4, -0.2) is 69.1 Å². The number of aliphatic hydroxyl groups excluding tert-OH is 4. The van der Waals surface area contributed by atoms with Crippen LogP contribution in [-0.2, 0) is 14.3 Å². The summed E-state index contributed by atoms with van der Waals surface area (Å²) in [5.74, 6) is -0.274. The second-order valence-corrected chi connectivity index (χ2v) is 13.1. The third kappa shape index (κ3) is 16.2. The summed E-state index contributed by atoms with van der Waals surface area (Å²) in [6.07, 6.45) is 22.8. The van der Waals surface area contributed by atoms with E-state index < -0.39 is 24.4 Å². The van der Waals surface area contributed by atoms with E-state index >= 15 is 0 Å². The summed E-state index contributed by atoms with van der Waals surface area (Å²) in [5, 5.41) is 41.1. The number of carbonyl (C=O) groups is 1. The van der Waals surface area contributed by atoms with Gasteiger partial charge in [-0.05, 0) is 57.9 Å². The molecule has 42 heavy (non-hydrogen) atoms. The summed E-state index contributed by atoms with van der Waals surface area (Å²) in [6.45, 7) is 4.00. The van der Waals surface area contributed by atoms with Crippen molar-refractivity contribution in [3.8, 4) is 0 Å². The molecule has 1 fully saturated rings. The van der Waals surface area contributed by atoms with Crippen LogP contribution < -0.4 is 0 Å². The van der Waals surface area contributed by atoms with Gasteiger partial charge in [-0.15, -0.1) is 0 Å². The van der Waals surface area contributed by atoms with Crippen molar-refractivity contribution < 1.29 is 34.7 Å². The molecule has 4 N–H and O–H groups in total. The molecule has 7 heteroatoms. The standard InChI is InChI=1S/C35H64O7/c1-3-4-5-17-20-31(37)32(38)22-23-33(39)34-24-21-30(42-34)19-16-14-12-10-8-6-7-9-11-13-15-18-29(36)26-28-25-27(2)41-35(28)40/h25,27,29-34,36-39H,3-24,26H2,1-2H3/t27-,29+,30?,31+,32+,33-,34?/m0/s1. The molecule has 0 spiro atoms. The number of esters is 1. The fourth-order valence-electron chi connectivity index (χ4n) is 6.40. The van der Waals surface area contributed by atoms with Crippen molar-refractivity contribution in [2.75, 3.05) is 0 Å². The summed E-state index contributed by atoms with van der Waals surface area (Å²) in [4.78, 5) is 11.6. The number of cyclic esters (lactones) is 1. The van der Waals surface area contributed by atoms with Crippen LogP contribution in [0.5, 0.6) is 0 Å². The minimum absolute atomic E-state index is 0.131. The highest BCUT2D eigenvalue weighted by molar-refractivity contribution is 5.90. The number of unbranched alkanes of at least 4 members (excludes halogenated alkanes) is 13. The summed E-state index contributed by atoms with van der Waals surface area (Å²) in [6, 6.07) is 0. The Morgan fingerprint density at radius 2 is 1.31 bits per heavy atom. The molecule has 7 nitrogen and oxygen atoms in total. The number of carbonyl (C=O) groups excluding carboxylic acids is 1. The number of aliphatic hydroxyl groups is 4. The van der Waals surface area contributed by atoms with Gasteiger partial charge in [0.15, 0.2) is 0 Å². The average molecular weight is 597 g/mol. The number of hydrogen-bond acceptors (Lipinski definition) is 7. The third-order valence-corrected chi connectivity index (χ3v) is 9.14. The summed E-state index contributed by atoms with van der Waals surface area (Å²) in [7, 11) is 0. The van der Waals surface area contributed by atoms with Crippen molar-refractivity contribution in [1.82, 2.24) is 0 Å². The lowest BCUT2D eigenvalue weighted by molar-refractivity contribution is -0.139. The van der Waals surface area contributed by atoms with Gasteiger partial charge >= 0.3 is 5.97 Å². The minimum atomic E-state index is -0.761. The smallest absolute Gasteiger partial charge is 0.334 e. The summed E-state index contributed by atoms with van der Waals surface area (Å²) in [5.41, 5.74) is 0.625. The molecule has 0 aromatic heterocycles. The lowest BCUT2D eigenvalue weighted by Crippen LogP contribution is -2.31. The van der Waals surface area contributed by atoms with Gasteiger partial charge in [0.25, 0.3) is 0 Å². The van der Waals surface area contributed by atoms with E-state index in [1.807, 2.05) is 13.0 Å². The van der Waals surface area contributed by atoms with Crippen LogP contribution in [0, 0.1) is 0 Å². The molecule has 7 atom stereocenters. The molecule has 0 amide bonds. The minimum Gasteiger partial charge on any atom is -0.455 e. The highest BCUT2D eigenvalue weighted by Gasteiger charge is 2.31. The molecule has 1 saturated heterocycles. The van der Waals surface area contributed by atoms with Gasteiger partial charge in [-0.25, -0.2) is 4.79 Å². The molecule has 0 bridgehead atoms. The molecular weight excluding hydrogens is 532 g/mol. The largest absolute Gasteiger partial charge is 0.455 e. The Kier molecular flexibility index (Phi) is 19.9. The average Bonchev–Trinajstić information content (AvgIpc) is 3.57. The highest BCUT2D eigenvalue weighted by atomic mass is 16.5. The van der Waals surface area contributed by atoms with Crippen molar-refractivity contribution in [2.45, 2.75) is 204 Å². The first-order chi connectivity index (χ1) is 20.3. The monoisotopic (exact) mass is 596 g/mol. The molecule has 2 aliphatic heterocycles. The van der Waals surface area contributed by atoms with Crippen LogP contribution in [0.4, 0.5) is 0 Å². The Bertz CT molecular complexity index is 726. The number of hydrogen-bond donors (Lipinski definition) is 4. The predicted octanol–water partition coefficient (Wildman–Crippen LogP) is 7.06. The van der Waals surface area contributed by atoms with Crippen molar-refractivity contribution in [2.24, 2.45) is 0 Å². The topological polar surface area (TPSA) is 116 Å². The molecule has 0 aromatic rings. The van der Waals surface area contributed by atoms with Crippen LogP contribution in [0.3, 0.4) is 0 Å². The molecule has 2 unspecified atom stereocenters. The van der Waals surface area contributed by atoms with Gasteiger partial charge in [0.2, 0.25) is 0 Å². The third-order valence-electron chi connectivity index (χ3n) is 9.14. The molecule has 2 aliphatic rings. The van der Waals surface area contributed by atoms with E-state index in [1.54, 1.807) is 0 Å². The number of rotatable bonds is 26. The Morgan fingerprint density at radius 1 is 0.738 bits per heavy atom. The van der Waals surface area contributed by atoms with E-state index in [1.165, 1.54) is 64.2 Å². The molecule has 2 rings (SSSR count). The lowest BCUT2D eigenvalue weighted by Gasteiger charge is -2.22. The number of ether oxygens (including phenoxy) is 2. The molecule has 0 radical (unpaired) electrons. The molecule has 0 aliphatic carbocycles. The molecular formula is C35H64O7. The van der Waals surface area contributed by atoms with E-state index in [0.717, 1.165) is 57.8 Å². The van der Waals surface area contributed by atoms with Gasteiger partial charge in [0, 0.05) is 12.0 Å². The Morgan fingerprint density at radius 3 is 1.93 bits per heavy atom. The SMILES string of the molecule is CCCCCC[C@@H](O)[C@H](O)CC[C@H](O)C1CCC(CCCCCCCCCCCCC[C@@H](O)CC2=C[C@H](C)OC2=O)O1. The molecule has 246 valence electrons. The fourth-order valence-corrected chi connectivity index (χ4v) is 6.40. The van der Waals surface area contributed by atoms with Gasteiger partial charge in [-0.3, -0.25) is 0 Å². The highest BCUT2D eigenvalue weighted by Crippen LogP contribution is 2.28. The van der Waals surface area contributed by atoms with Crippen LogP contribution in [0.15, 0.2) is 11.6 Å². The Hall–Kier alpha value is -0.990. The molecule has 2 heterocycles. The van der Waals surface area contributed by atoms with Crippen molar-refractivity contribution in [3.63, 3.8) is 0 Å². The van der Waals surface area contributed by atoms with Crippen LogP contribution in [0.1, 0.15) is 162 Å². The van der Waals surface area contributed by atoms with Crippen molar-refractivity contribution >= 4 is 5.97 Å². The Labute approximate surface area is 256 Å². The fraction of sp³-hybridized carbons (Fsp3) is 0.914. The van der Waals surface area contributed by atoms with E-state index in [9.17, 15) is 25.2 Å². The van der Waals surface area contributed by atoms with Gasteiger partial charge in [-0.2, -0.15) is 0 Å². The van der Waals surface area contributed by atoms with Crippen molar-refractivity contribution in [3.05, 3.63) is 11.6 Å². The van der Waals surface area contributed by atoms with E-state index in [0.29, 0.717) is 31.3 Å². The second-order valence-electron chi connectivity index (χ2n) is 13.1. The maximum atomic E-state index is 11.6. The predicted molar refractivity (Wildman–Crippen MR) is 168 cm³/mol. The van der Waals surface area contributed by atoms with Gasteiger partial charge in [0.1, 0.15) is 6.10 Å². The first-order valence-electron chi connectivity index (χ1n) is 17.6. The molecule has 0 aromatic carbocycles. The van der Waals surface area contributed by atoms with E-state index in [2.05, 4.69) is 6.92 Å². The Balaban J connectivity index is 1.35. The zero-order valence-corrected chi connectivity index (χ0v) is 26.9. The quantitative estimate of drug-likeness (QED) is 0.0624. The van der Waals surface area contributed by atoms with Gasteiger partial charge in [-0.1, -0.05) is 103 Å². The summed E-state index contributed by atoms with van der Waals surface area (Å²) < 4.78 is 11.2. The maximum absolute atomic E-state index is 11.6. The second kappa shape index (κ2) is 22.5. The maximum Gasteiger partial charge on any atom is 0.334 e. The zero-order valence-electron chi connectivity index (χ0n) is 26.9. The van der Waals surface area contributed by atoms with Crippen molar-refractivity contribution in [1.29, 1.82) is 0 Å². The van der Waals surface area contributed by atoms with E-state index in [4.69, 9.17) is 9.47 Å². The zero-order chi connectivity index (χ0) is 30.6. The van der Waals surface area contributed by atoms with Crippen LogP contribution in [0.2, 0.25) is 0 Å². The normalized spacial score (nSPS) is 23.5. The lowest BCUT2D eigenvalue weighted by atomic mass is 9.98. The first kappa shape index (κ1) is 37.2. The van der Waals surface area contributed by atoms with Crippen LogP contribution >= 0.6 is 0 Å². The van der Waals surface area contributed by atoms with E-state index in [-0.39, 0.29) is 24.3 Å². The van der Waals surface area contributed by atoms with Gasteiger partial charge in [0.05, 0.1) is 36.6 Å².